The Morgan fingerprint density at radius 3 is 2.20 bits per heavy atom. The average molecular weight is 299 g/mol. The lowest BCUT2D eigenvalue weighted by Gasteiger charge is -2.28. The van der Waals surface area contributed by atoms with E-state index in [0.717, 1.165) is 31.6 Å². The lowest BCUT2D eigenvalue weighted by atomic mass is 10.0. The van der Waals surface area contributed by atoms with Crippen LogP contribution in [-0.2, 0) is 10.0 Å². The molecule has 0 unspecified atom stereocenters. The molecule has 0 aliphatic heterocycles. The number of rotatable bonds is 7. The van der Waals surface area contributed by atoms with Crippen molar-refractivity contribution < 1.29 is 8.42 Å². The third-order valence-corrected chi connectivity index (χ3v) is 4.59. The summed E-state index contributed by atoms with van der Waals surface area (Å²) in [7, 11) is -3.71. The Morgan fingerprint density at radius 1 is 1.20 bits per heavy atom. The van der Waals surface area contributed by atoms with Crippen LogP contribution in [0, 0.1) is 5.92 Å². The summed E-state index contributed by atoms with van der Waals surface area (Å²) in [5.74, 6) is 0.604. The van der Waals surface area contributed by atoms with Crippen LogP contribution in [0.5, 0.6) is 0 Å². The predicted molar refractivity (Wildman–Crippen MR) is 84.2 cm³/mol. The van der Waals surface area contributed by atoms with Gasteiger partial charge in [0.25, 0.3) is 0 Å². The smallest absolute Gasteiger partial charge is 0.238 e. The lowest BCUT2D eigenvalue weighted by Crippen LogP contribution is -2.29. The molecule has 0 saturated heterocycles. The van der Waals surface area contributed by atoms with Crippen LogP contribution in [0.15, 0.2) is 23.1 Å². The SMILES string of the molecule is CCC(CC)CN(CC)c1ccc(S(N)(=O)=O)cc1N. The molecule has 6 heteroatoms. The second-order valence-corrected chi connectivity index (χ2v) is 6.55. The highest BCUT2D eigenvalue weighted by Crippen LogP contribution is 2.27. The summed E-state index contributed by atoms with van der Waals surface area (Å²) >= 11 is 0. The van der Waals surface area contributed by atoms with Gasteiger partial charge in [-0.05, 0) is 31.0 Å². The zero-order valence-electron chi connectivity index (χ0n) is 12.5. The highest BCUT2D eigenvalue weighted by molar-refractivity contribution is 7.89. The quantitative estimate of drug-likeness (QED) is 0.755. The number of nitrogens with two attached hydrogens (primary N) is 2. The molecule has 0 radical (unpaired) electrons. The fraction of sp³-hybridized carbons (Fsp3) is 0.571. The van der Waals surface area contributed by atoms with Crippen molar-refractivity contribution in [3.05, 3.63) is 18.2 Å². The topological polar surface area (TPSA) is 89.4 Å². The highest BCUT2D eigenvalue weighted by Gasteiger charge is 2.15. The van der Waals surface area contributed by atoms with Crippen molar-refractivity contribution in [2.24, 2.45) is 11.1 Å². The van der Waals surface area contributed by atoms with Gasteiger partial charge in [0, 0.05) is 13.1 Å². The molecular formula is C14H25N3O2S. The Kier molecular flexibility index (Phi) is 5.83. The van der Waals surface area contributed by atoms with E-state index in [1.165, 1.54) is 12.1 Å². The normalized spacial score (nSPS) is 11.8. The molecule has 0 aliphatic rings. The second kappa shape index (κ2) is 6.95. The molecule has 0 bridgehead atoms. The molecule has 0 atom stereocenters. The van der Waals surface area contributed by atoms with Crippen LogP contribution in [0.1, 0.15) is 33.6 Å². The van der Waals surface area contributed by atoms with Crippen LogP contribution in [-0.4, -0.2) is 21.5 Å². The van der Waals surface area contributed by atoms with E-state index in [0.29, 0.717) is 11.6 Å². The van der Waals surface area contributed by atoms with Crippen molar-refractivity contribution in [2.45, 2.75) is 38.5 Å². The molecule has 0 aliphatic carbocycles. The highest BCUT2D eigenvalue weighted by atomic mass is 32.2. The van der Waals surface area contributed by atoms with Crippen molar-refractivity contribution >= 4 is 21.4 Å². The van der Waals surface area contributed by atoms with Crippen LogP contribution >= 0.6 is 0 Å². The second-order valence-electron chi connectivity index (χ2n) is 4.99. The van der Waals surface area contributed by atoms with E-state index in [-0.39, 0.29) is 4.90 Å². The number of nitrogen functional groups attached to an aromatic ring is 1. The summed E-state index contributed by atoms with van der Waals surface area (Å²) < 4.78 is 22.6. The molecule has 0 amide bonds. The van der Waals surface area contributed by atoms with Crippen molar-refractivity contribution in [3.63, 3.8) is 0 Å². The van der Waals surface area contributed by atoms with Gasteiger partial charge in [0.15, 0.2) is 0 Å². The molecule has 4 N–H and O–H groups in total. The van der Waals surface area contributed by atoms with Crippen molar-refractivity contribution in [1.82, 2.24) is 0 Å². The zero-order valence-corrected chi connectivity index (χ0v) is 13.3. The summed E-state index contributed by atoms with van der Waals surface area (Å²) in [5, 5.41) is 5.11. The Balaban J connectivity index is 3.05. The van der Waals surface area contributed by atoms with Gasteiger partial charge in [-0.15, -0.1) is 0 Å². The van der Waals surface area contributed by atoms with Gasteiger partial charge in [0.1, 0.15) is 0 Å². The number of primary sulfonamides is 1. The molecule has 5 nitrogen and oxygen atoms in total. The monoisotopic (exact) mass is 299 g/mol. The molecule has 1 rings (SSSR count). The first kappa shape index (κ1) is 16.8. The third-order valence-electron chi connectivity index (χ3n) is 3.68. The van der Waals surface area contributed by atoms with Crippen molar-refractivity contribution in [3.8, 4) is 0 Å². The minimum atomic E-state index is -3.71. The largest absolute Gasteiger partial charge is 0.397 e. The number of hydrogen-bond acceptors (Lipinski definition) is 4. The van der Waals surface area contributed by atoms with E-state index in [2.05, 4.69) is 25.7 Å². The van der Waals surface area contributed by atoms with Crippen LogP contribution in [0.2, 0.25) is 0 Å². The molecule has 0 saturated carbocycles. The predicted octanol–water partition coefficient (Wildman–Crippen LogP) is 2.18. The average Bonchev–Trinajstić information content (AvgIpc) is 2.40. The molecule has 0 heterocycles. The fourth-order valence-corrected chi connectivity index (χ4v) is 2.80. The van der Waals surface area contributed by atoms with Gasteiger partial charge in [-0.2, -0.15) is 0 Å². The Hall–Kier alpha value is -1.27. The molecule has 20 heavy (non-hydrogen) atoms. The van der Waals surface area contributed by atoms with Crippen LogP contribution in [0.3, 0.4) is 0 Å². The number of nitrogens with zero attached hydrogens (tertiary/aromatic N) is 1. The summed E-state index contributed by atoms with van der Waals surface area (Å²) in [6.07, 6.45) is 2.23. The van der Waals surface area contributed by atoms with E-state index in [1.807, 2.05) is 0 Å². The van der Waals surface area contributed by atoms with Gasteiger partial charge in [-0.3, -0.25) is 0 Å². The first-order valence-corrected chi connectivity index (χ1v) is 8.55. The van der Waals surface area contributed by atoms with E-state index < -0.39 is 10.0 Å². The number of sulfonamides is 1. The van der Waals surface area contributed by atoms with Gasteiger partial charge in [0.05, 0.1) is 16.3 Å². The summed E-state index contributed by atoms with van der Waals surface area (Å²) in [5.41, 5.74) is 7.31. The van der Waals surface area contributed by atoms with E-state index >= 15 is 0 Å². The first-order chi connectivity index (χ1) is 9.33. The number of anilines is 2. The zero-order chi connectivity index (χ0) is 15.3. The maximum absolute atomic E-state index is 11.3. The number of benzene rings is 1. The standard InChI is InChI=1S/C14H25N3O2S/c1-4-11(5-2)10-17(6-3)14-8-7-12(9-13(14)15)20(16,18)19/h7-9,11H,4-6,10,15H2,1-3H3,(H2,16,18,19). The minimum absolute atomic E-state index is 0.0531. The van der Waals surface area contributed by atoms with Gasteiger partial charge in [-0.25, -0.2) is 13.6 Å². The minimum Gasteiger partial charge on any atom is -0.397 e. The van der Waals surface area contributed by atoms with Crippen molar-refractivity contribution in [2.75, 3.05) is 23.7 Å². The van der Waals surface area contributed by atoms with E-state index in [1.54, 1.807) is 6.07 Å². The van der Waals surface area contributed by atoms with Crippen LogP contribution in [0.25, 0.3) is 0 Å². The molecule has 0 aromatic heterocycles. The summed E-state index contributed by atoms with van der Waals surface area (Å²) in [4.78, 5) is 2.23. The third kappa shape index (κ3) is 4.11. The van der Waals surface area contributed by atoms with Crippen LogP contribution < -0.4 is 15.8 Å². The van der Waals surface area contributed by atoms with Gasteiger partial charge in [-0.1, -0.05) is 26.7 Å². The molecule has 114 valence electrons. The lowest BCUT2D eigenvalue weighted by molar-refractivity contribution is 0.486. The molecule has 0 fully saturated rings. The first-order valence-electron chi connectivity index (χ1n) is 7.00. The fourth-order valence-electron chi connectivity index (χ4n) is 2.25. The molecular weight excluding hydrogens is 274 g/mol. The van der Waals surface area contributed by atoms with E-state index in [9.17, 15) is 8.42 Å². The summed E-state index contributed by atoms with van der Waals surface area (Å²) in [6.45, 7) is 8.16. The Labute approximate surface area is 122 Å². The Bertz CT molecular complexity index is 539. The van der Waals surface area contributed by atoms with Gasteiger partial charge in [0.2, 0.25) is 10.0 Å². The Morgan fingerprint density at radius 2 is 1.80 bits per heavy atom. The summed E-state index contributed by atoms with van der Waals surface area (Å²) in [6, 6.07) is 4.68. The maximum Gasteiger partial charge on any atom is 0.238 e. The van der Waals surface area contributed by atoms with Gasteiger partial charge < -0.3 is 10.6 Å². The van der Waals surface area contributed by atoms with Gasteiger partial charge >= 0.3 is 0 Å². The van der Waals surface area contributed by atoms with Crippen molar-refractivity contribution in [1.29, 1.82) is 0 Å². The van der Waals surface area contributed by atoms with E-state index in [4.69, 9.17) is 10.9 Å². The molecule has 1 aromatic rings. The molecule has 0 spiro atoms. The number of hydrogen-bond donors (Lipinski definition) is 2. The molecule has 1 aromatic carbocycles. The maximum atomic E-state index is 11.3. The van der Waals surface area contributed by atoms with Crippen LogP contribution in [0.4, 0.5) is 11.4 Å².